The van der Waals surface area contributed by atoms with Gasteiger partial charge in [-0.1, -0.05) is 30.3 Å². The van der Waals surface area contributed by atoms with Crippen LogP contribution in [0, 0.1) is 11.3 Å². The first-order chi connectivity index (χ1) is 16.5. The SMILES string of the molecule is CC(OC(=O)c1ccc2nc(-c3ccccc3)[nH]c2c1)C(=O)Nc1sc2c(c1C#N)CCCC2. The third-order valence-electron chi connectivity index (χ3n) is 5.94. The van der Waals surface area contributed by atoms with Crippen molar-refractivity contribution in [1.82, 2.24) is 9.97 Å². The number of H-pyrrole nitrogens is 1. The van der Waals surface area contributed by atoms with Crippen LogP contribution in [0.5, 0.6) is 0 Å². The maximum Gasteiger partial charge on any atom is 0.338 e. The lowest BCUT2D eigenvalue weighted by Crippen LogP contribution is -2.30. The number of rotatable bonds is 5. The normalized spacial score (nSPS) is 13.6. The Morgan fingerprint density at radius 2 is 1.97 bits per heavy atom. The van der Waals surface area contributed by atoms with Crippen LogP contribution in [0.3, 0.4) is 0 Å². The number of carbonyl (C=O) groups excluding carboxylic acids is 2. The molecule has 4 aromatic rings. The van der Waals surface area contributed by atoms with E-state index in [1.54, 1.807) is 18.2 Å². The third-order valence-corrected chi connectivity index (χ3v) is 7.14. The summed E-state index contributed by atoms with van der Waals surface area (Å²) in [6, 6.07) is 17.0. The number of esters is 1. The van der Waals surface area contributed by atoms with Crippen molar-refractivity contribution in [2.24, 2.45) is 0 Å². The number of thiophene rings is 1. The molecule has 2 N–H and O–H groups in total. The minimum atomic E-state index is -1.02. The Morgan fingerprint density at radius 1 is 1.18 bits per heavy atom. The summed E-state index contributed by atoms with van der Waals surface area (Å²) in [5.74, 6) is -0.357. The van der Waals surface area contributed by atoms with Gasteiger partial charge >= 0.3 is 5.97 Å². The minimum Gasteiger partial charge on any atom is -0.449 e. The lowest BCUT2D eigenvalue weighted by atomic mass is 9.96. The highest BCUT2D eigenvalue weighted by atomic mass is 32.1. The molecule has 0 saturated heterocycles. The maximum atomic E-state index is 12.7. The van der Waals surface area contributed by atoms with E-state index in [0.717, 1.165) is 47.2 Å². The number of imidazole rings is 1. The Balaban J connectivity index is 1.29. The second-order valence-corrected chi connectivity index (χ2v) is 9.35. The standard InChI is InChI=1S/C26H22N4O3S/c1-15(24(31)30-25-19(14-27)18-9-5-6-10-22(18)34-25)33-26(32)17-11-12-20-21(13-17)29-23(28-20)16-7-3-2-4-8-16/h2-4,7-8,11-13,15H,5-6,9-10H2,1H3,(H,28,29)(H,30,31). The average Bonchev–Trinajstić information content (AvgIpc) is 3.44. The first kappa shape index (κ1) is 21.9. The number of nitrogens with one attached hydrogen (secondary N) is 2. The second-order valence-electron chi connectivity index (χ2n) is 8.25. The van der Waals surface area contributed by atoms with Crippen LogP contribution < -0.4 is 5.32 Å². The molecule has 2 heterocycles. The van der Waals surface area contributed by atoms with Crippen molar-refractivity contribution >= 4 is 39.2 Å². The predicted molar refractivity (Wildman–Crippen MR) is 131 cm³/mol. The minimum absolute atomic E-state index is 0.319. The summed E-state index contributed by atoms with van der Waals surface area (Å²) in [6.45, 7) is 1.52. The summed E-state index contributed by atoms with van der Waals surface area (Å²) in [5, 5.41) is 12.9. The summed E-state index contributed by atoms with van der Waals surface area (Å²) in [7, 11) is 0. The van der Waals surface area contributed by atoms with Gasteiger partial charge in [-0.3, -0.25) is 4.79 Å². The van der Waals surface area contributed by atoms with Crippen LogP contribution in [-0.4, -0.2) is 27.9 Å². The smallest absolute Gasteiger partial charge is 0.338 e. The van der Waals surface area contributed by atoms with Gasteiger partial charge in [-0.05, 0) is 56.4 Å². The number of anilines is 1. The number of nitrogens with zero attached hydrogens (tertiary/aromatic N) is 2. The fourth-order valence-electron chi connectivity index (χ4n) is 4.14. The molecule has 2 aromatic heterocycles. The predicted octanol–water partition coefficient (Wildman–Crippen LogP) is 5.23. The van der Waals surface area contributed by atoms with E-state index in [0.29, 0.717) is 27.5 Å². The number of hydrogen-bond donors (Lipinski definition) is 2. The molecule has 34 heavy (non-hydrogen) atoms. The Kier molecular flexibility index (Phi) is 5.86. The fourth-order valence-corrected chi connectivity index (χ4v) is 5.38. The van der Waals surface area contributed by atoms with Crippen LogP contribution in [0.25, 0.3) is 22.4 Å². The molecule has 8 heteroatoms. The van der Waals surface area contributed by atoms with Crippen molar-refractivity contribution < 1.29 is 14.3 Å². The first-order valence-electron chi connectivity index (χ1n) is 11.1. The molecule has 1 atom stereocenters. The van der Waals surface area contributed by atoms with E-state index in [4.69, 9.17) is 4.74 Å². The summed E-state index contributed by atoms with van der Waals surface area (Å²) in [5.41, 5.74) is 4.27. The van der Waals surface area contributed by atoms with Crippen LogP contribution in [-0.2, 0) is 22.4 Å². The molecule has 0 saturated carbocycles. The quantitative estimate of drug-likeness (QED) is 0.389. The average molecular weight is 471 g/mol. The zero-order valence-electron chi connectivity index (χ0n) is 18.6. The molecule has 1 aliphatic carbocycles. The molecule has 7 nitrogen and oxygen atoms in total. The van der Waals surface area contributed by atoms with E-state index in [1.807, 2.05) is 30.3 Å². The van der Waals surface area contributed by atoms with Gasteiger partial charge in [0.25, 0.3) is 5.91 Å². The van der Waals surface area contributed by atoms with E-state index in [2.05, 4.69) is 21.4 Å². The lowest BCUT2D eigenvalue weighted by molar-refractivity contribution is -0.123. The molecule has 170 valence electrons. The van der Waals surface area contributed by atoms with Crippen molar-refractivity contribution in [2.45, 2.75) is 38.7 Å². The van der Waals surface area contributed by atoms with E-state index >= 15 is 0 Å². The van der Waals surface area contributed by atoms with E-state index in [9.17, 15) is 14.9 Å². The maximum absolute atomic E-state index is 12.7. The molecule has 1 unspecified atom stereocenters. The number of amides is 1. The number of aromatic nitrogens is 2. The zero-order valence-corrected chi connectivity index (χ0v) is 19.4. The Morgan fingerprint density at radius 3 is 2.76 bits per heavy atom. The summed E-state index contributed by atoms with van der Waals surface area (Å²) in [6.07, 6.45) is 2.91. The van der Waals surface area contributed by atoms with Crippen molar-refractivity contribution in [2.75, 3.05) is 5.32 Å². The third kappa shape index (κ3) is 4.18. The fraction of sp³-hybridized carbons (Fsp3) is 0.231. The number of aromatic amines is 1. The van der Waals surface area contributed by atoms with Gasteiger partial charge in [0.15, 0.2) is 6.10 Å². The van der Waals surface area contributed by atoms with Crippen LogP contribution >= 0.6 is 11.3 Å². The van der Waals surface area contributed by atoms with E-state index in [1.165, 1.54) is 18.3 Å². The van der Waals surface area contributed by atoms with E-state index in [-0.39, 0.29) is 0 Å². The van der Waals surface area contributed by atoms with Gasteiger partial charge in [-0.25, -0.2) is 9.78 Å². The molecule has 1 amide bonds. The topological polar surface area (TPSA) is 108 Å². The molecule has 0 fully saturated rings. The molecule has 2 aromatic carbocycles. The Hall–Kier alpha value is -3.96. The Bertz CT molecular complexity index is 1430. The lowest BCUT2D eigenvalue weighted by Gasteiger charge is -2.13. The molecule has 0 bridgehead atoms. The largest absolute Gasteiger partial charge is 0.449 e. The van der Waals surface area contributed by atoms with Gasteiger partial charge in [0.1, 0.15) is 16.9 Å². The molecule has 0 radical (unpaired) electrons. The number of benzene rings is 2. The highest BCUT2D eigenvalue weighted by Crippen LogP contribution is 2.37. The first-order valence-corrected chi connectivity index (χ1v) is 12.0. The summed E-state index contributed by atoms with van der Waals surface area (Å²) in [4.78, 5) is 34.4. The highest BCUT2D eigenvalue weighted by Gasteiger charge is 2.25. The number of carbonyl (C=O) groups is 2. The Labute approximate surface area is 200 Å². The highest BCUT2D eigenvalue weighted by molar-refractivity contribution is 7.16. The van der Waals surface area contributed by atoms with Crippen molar-refractivity contribution in [3.05, 3.63) is 70.1 Å². The molecule has 0 aliphatic heterocycles. The van der Waals surface area contributed by atoms with Gasteiger partial charge in [-0.15, -0.1) is 11.3 Å². The van der Waals surface area contributed by atoms with Crippen LogP contribution in [0.15, 0.2) is 48.5 Å². The molecular weight excluding hydrogens is 448 g/mol. The van der Waals surface area contributed by atoms with Crippen LogP contribution in [0.4, 0.5) is 5.00 Å². The van der Waals surface area contributed by atoms with Gasteiger partial charge in [0.2, 0.25) is 0 Å². The number of fused-ring (bicyclic) bond motifs is 2. The van der Waals surface area contributed by atoms with Crippen molar-refractivity contribution in [3.63, 3.8) is 0 Å². The molecule has 0 spiro atoms. The van der Waals surface area contributed by atoms with Gasteiger partial charge in [0.05, 0.1) is 22.2 Å². The molecule has 5 rings (SSSR count). The number of ether oxygens (including phenoxy) is 1. The van der Waals surface area contributed by atoms with Gasteiger partial charge in [0, 0.05) is 10.4 Å². The van der Waals surface area contributed by atoms with Crippen LogP contribution in [0.1, 0.15) is 46.1 Å². The number of aryl methyl sites for hydroxylation is 1. The summed E-state index contributed by atoms with van der Waals surface area (Å²) >= 11 is 1.44. The van der Waals surface area contributed by atoms with Gasteiger partial charge in [-0.2, -0.15) is 5.26 Å². The zero-order chi connectivity index (χ0) is 23.7. The van der Waals surface area contributed by atoms with Crippen molar-refractivity contribution in [3.8, 4) is 17.5 Å². The monoisotopic (exact) mass is 470 g/mol. The number of hydrogen-bond acceptors (Lipinski definition) is 6. The van der Waals surface area contributed by atoms with E-state index < -0.39 is 18.0 Å². The molecule has 1 aliphatic rings. The van der Waals surface area contributed by atoms with Crippen molar-refractivity contribution in [1.29, 1.82) is 5.26 Å². The number of nitriles is 1. The van der Waals surface area contributed by atoms with Gasteiger partial charge < -0.3 is 15.0 Å². The molecular formula is C26H22N4O3S. The van der Waals surface area contributed by atoms with Crippen LogP contribution in [0.2, 0.25) is 0 Å². The second kappa shape index (κ2) is 9.12. The summed E-state index contributed by atoms with van der Waals surface area (Å²) < 4.78 is 5.42.